The average Bonchev–Trinajstić information content (AvgIpc) is 2.37. The van der Waals surface area contributed by atoms with Gasteiger partial charge in [0.15, 0.2) is 0 Å². The molecular formula is C15H24N2O. The minimum Gasteiger partial charge on any atom is -0.399 e. The van der Waals surface area contributed by atoms with E-state index < -0.39 is 0 Å². The molecule has 0 fully saturated rings. The largest absolute Gasteiger partial charge is 0.399 e. The normalized spacial score (nSPS) is 12.2. The van der Waals surface area contributed by atoms with E-state index in [4.69, 9.17) is 5.73 Å². The van der Waals surface area contributed by atoms with E-state index in [1.165, 1.54) is 0 Å². The van der Waals surface area contributed by atoms with Crippen LogP contribution >= 0.6 is 0 Å². The third-order valence-corrected chi connectivity index (χ3v) is 3.32. The molecule has 0 spiro atoms. The maximum Gasteiger partial charge on any atom is 0.222 e. The average molecular weight is 248 g/mol. The SMILES string of the molecule is CCC(C)CN(C)C(=O)CCc1ccc(N)cc1. The summed E-state index contributed by atoms with van der Waals surface area (Å²) < 4.78 is 0. The highest BCUT2D eigenvalue weighted by molar-refractivity contribution is 5.76. The van der Waals surface area contributed by atoms with Crippen molar-refractivity contribution in [2.45, 2.75) is 33.1 Å². The summed E-state index contributed by atoms with van der Waals surface area (Å²) >= 11 is 0. The van der Waals surface area contributed by atoms with Crippen molar-refractivity contribution < 1.29 is 4.79 Å². The van der Waals surface area contributed by atoms with Crippen LogP contribution in [0, 0.1) is 5.92 Å². The van der Waals surface area contributed by atoms with Gasteiger partial charge in [-0.25, -0.2) is 0 Å². The summed E-state index contributed by atoms with van der Waals surface area (Å²) in [4.78, 5) is 13.8. The monoisotopic (exact) mass is 248 g/mol. The molecule has 0 saturated heterocycles. The van der Waals surface area contributed by atoms with Crippen LogP contribution in [0.3, 0.4) is 0 Å². The van der Waals surface area contributed by atoms with Crippen LogP contribution in [-0.4, -0.2) is 24.4 Å². The number of nitrogens with two attached hydrogens (primary N) is 1. The van der Waals surface area contributed by atoms with Gasteiger partial charge in [-0.05, 0) is 30.0 Å². The smallest absolute Gasteiger partial charge is 0.222 e. The van der Waals surface area contributed by atoms with Gasteiger partial charge in [0.1, 0.15) is 0 Å². The van der Waals surface area contributed by atoms with Crippen molar-refractivity contribution in [1.29, 1.82) is 0 Å². The highest BCUT2D eigenvalue weighted by Gasteiger charge is 2.11. The van der Waals surface area contributed by atoms with Crippen LogP contribution in [0.4, 0.5) is 5.69 Å². The van der Waals surface area contributed by atoms with Crippen molar-refractivity contribution in [1.82, 2.24) is 4.90 Å². The second-order valence-corrected chi connectivity index (χ2v) is 5.03. The molecule has 0 bridgehead atoms. The summed E-state index contributed by atoms with van der Waals surface area (Å²) in [6.07, 6.45) is 2.45. The molecule has 0 heterocycles. The number of aryl methyl sites for hydroxylation is 1. The van der Waals surface area contributed by atoms with Crippen molar-refractivity contribution in [2.24, 2.45) is 5.92 Å². The van der Waals surface area contributed by atoms with Gasteiger partial charge in [-0.2, -0.15) is 0 Å². The molecule has 0 aliphatic rings. The van der Waals surface area contributed by atoms with E-state index in [1.807, 2.05) is 36.2 Å². The first-order valence-corrected chi connectivity index (χ1v) is 6.61. The van der Waals surface area contributed by atoms with Crippen LogP contribution in [0.15, 0.2) is 24.3 Å². The van der Waals surface area contributed by atoms with Crippen molar-refractivity contribution >= 4 is 11.6 Å². The fourth-order valence-corrected chi connectivity index (χ4v) is 1.82. The number of benzene rings is 1. The number of rotatable bonds is 6. The molecule has 1 unspecified atom stereocenters. The molecule has 0 aromatic heterocycles. The van der Waals surface area contributed by atoms with Gasteiger partial charge in [0.25, 0.3) is 0 Å². The topological polar surface area (TPSA) is 46.3 Å². The Morgan fingerprint density at radius 1 is 1.33 bits per heavy atom. The predicted molar refractivity (Wildman–Crippen MR) is 76.3 cm³/mol. The van der Waals surface area contributed by atoms with E-state index in [-0.39, 0.29) is 5.91 Å². The lowest BCUT2D eigenvalue weighted by molar-refractivity contribution is -0.130. The number of carbonyl (C=O) groups excluding carboxylic acids is 1. The Labute approximate surface area is 110 Å². The van der Waals surface area contributed by atoms with E-state index in [0.717, 1.165) is 30.6 Å². The lowest BCUT2D eigenvalue weighted by Crippen LogP contribution is -2.31. The van der Waals surface area contributed by atoms with Crippen LogP contribution in [0.25, 0.3) is 0 Å². The molecule has 0 aliphatic heterocycles. The standard InChI is InChI=1S/C15H24N2O/c1-4-12(2)11-17(3)15(18)10-7-13-5-8-14(16)9-6-13/h5-6,8-9,12H,4,7,10-11,16H2,1-3H3. The molecule has 0 aliphatic carbocycles. The molecule has 1 atom stereocenters. The van der Waals surface area contributed by atoms with Crippen LogP contribution in [0.2, 0.25) is 0 Å². The Morgan fingerprint density at radius 3 is 2.50 bits per heavy atom. The summed E-state index contributed by atoms with van der Waals surface area (Å²) in [6, 6.07) is 7.72. The summed E-state index contributed by atoms with van der Waals surface area (Å²) in [5, 5.41) is 0. The zero-order chi connectivity index (χ0) is 13.5. The minimum absolute atomic E-state index is 0.215. The first-order chi connectivity index (χ1) is 8.52. The maximum absolute atomic E-state index is 11.9. The number of hydrogen-bond acceptors (Lipinski definition) is 2. The first kappa shape index (κ1) is 14.6. The first-order valence-electron chi connectivity index (χ1n) is 6.61. The molecule has 0 radical (unpaired) electrons. The number of amides is 1. The van der Waals surface area contributed by atoms with Crippen molar-refractivity contribution in [3.05, 3.63) is 29.8 Å². The number of hydrogen-bond donors (Lipinski definition) is 1. The lowest BCUT2D eigenvalue weighted by Gasteiger charge is -2.20. The molecule has 3 heteroatoms. The molecule has 0 saturated carbocycles. The van der Waals surface area contributed by atoms with Crippen molar-refractivity contribution in [3.63, 3.8) is 0 Å². The second kappa shape index (κ2) is 7.04. The van der Waals surface area contributed by atoms with Crippen LogP contribution in [0.5, 0.6) is 0 Å². The fraction of sp³-hybridized carbons (Fsp3) is 0.533. The number of nitrogens with zero attached hydrogens (tertiary/aromatic N) is 1. The van der Waals surface area contributed by atoms with E-state index in [1.54, 1.807) is 0 Å². The molecule has 1 rings (SSSR count). The summed E-state index contributed by atoms with van der Waals surface area (Å²) in [6.45, 7) is 5.16. The fourth-order valence-electron chi connectivity index (χ4n) is 1.82. The molecule has 1 aromatic carbocycles. The van der Waals surface area contributed by atoms with Crippen LogP contribution < -0.4 is 5.73 Å². The molecule has 1 amide bonds. The molecule has 100 valence electrons. The van der Waals surface area contributed by atoms with E-state index in [0.29, 0.717) is 12.3 Å². The highest BCUT2D eigenvalue weighted by Crippen LogP contribution is 2.09. The third-order valence-electron chi connectivity index (χ3n) is 3.32. The molecule has 2 N–H and O–H groups in total. The zero-order valence-electron chi connectivity index (χ0n) is 11.6. The van der Waals surface area contributed by atoms with Crippen LogP contribution in [0.1, 0.15) is 32.3 Å². The number of nitrogen functional groups attached to an aromatic ring is 1. The summed E-state index contributed by atoms with van der Waals surface area (Å²) in [5.41, 5.74) is 7.55. The van der Waals surface area contributed by atoms with E-state index >= 15 is 0 Å². The van der Waals surface area contributed by atoms with Gasteiger partial charge in [-0.3, -0.25) is 4.79 Å². The van der Waals surface area contributed by atoms with Gasteiger partial charge in [0, 0.05) is 25.7 Å². The number of anilines is 1. The van der Waals surface area contributed by atoms with Crippen molar-refractivity contribution in [3.8, 4) is 0 Å². The highest BCUT2D eigenvalue weighted by atomic mass is 16.2. The molecular weight excluding hydrogens is 224 g/mol. The second-order valence-electron chi connectivity index (χ2n) is 5.03. The maximum atomic E-state index is 11.9. The molecule has 1 aromatic rings. The van der Waals surface area contributed by atoms with Gasteiger partial charge in [-0.15, -0.1) is 0 Å². The van der Waals surface area contributed by atoms with Crippen molar-refractivity contribution in [2.75, 3.05) is 19.3 Å². The van der Waals surface area contributed by atoms with Crippen LogP contribution in [-0.2, 0) is 11.2 Å². The Bertz CT molecular complexity index is 373. The summed E-state index contributed by atoms with van der Waals surface area (Å²) in [7, 11) is 1.89. The number of carbonyl (C=O) groups is 1. The summed E-state index contributed by atoms with van der Waals surface area (Å²) in [5.74, 6) is 0.780. The lowest BCUT2D eigenvalue weighted by atomic mass is 10.1. The van der Waals surface area contributed by atoms with Gasteiger partial charge in [0.2, 0.25) is 5.91 Å². The van der Waals surface area contributed by atoms with Gasteiger partial charge in [0.05, 0.1) is 0 Å². The van der Waals surface area contributed by atoms with E-state index in [2.05, 4.69) is 13.8 Å². The zero-order valence-corrected chi connectivity index (χ0v) is 11.6. The van der Waals surface area contributed by atoms with E-state index in [9.17, 15) is 4.79 Å². The quantitative estimate of drug-likeness (QED) is 0.787. The Kier molecular flexibility index (Phi) is 5.69. The Hall–Kier alpha value is -1.51. The Balaban J connectivity index is 2.38. The van der Waals surface area contributed by atoms with Gasteiger partial charge < -0.3 is 10.6 Å². The van der Waals surface area contributed by atoms with Gasteiger partial charge >= 0.3 is 0 Å². The minimum atomic E-state index is 0.215. The Morgan fingerprint density at radius 2 is 1.94 bits per heavy atom. The van der Waals surface area contributed by atoms with Gasteiger partial charge in [-0.1, -0.05) is 32.4 Å². The molecule has 18 heavy (non-hydrogen) atoms. The predicted octanol–water partition coefficient (Wildman–Crippen LogP) is 2.71. The molecule has 3 nitrogen and oxygen atoms in total. The third kappa shape index (κ3) is 4.78.